The molecule has 0 saturated heterocycles. The lowest BCUT2D eigenvalue weighted by Crippen LogP contribution is -2.02. The van der Waals surface area contributed by atoms with Crippen LogP contribution in [-0.2, 0) is 0 Å². The Morgan fingerprint density at radius 1 is 1.08 bits per heavy atom. The van der Waals surface area contributed by atoms with Crippen molar-refractivity contribution in [1.82, 2.24) is 25.1 Å². The number of anilines is 1. The van der Waals surface area contributed by atoms with E-state index in [0.717, 1.165) is 21.5 Å². The van der Waals surface area contributed by atoms with E-state index in [2.05, 4.69) is 36.4 Å². The number of methoxy groups -OCH3 is 1. The van der Waals surface area contributed by atoms with Crippen LogP contribution in [0, 0.1) is 0 Å². The van der Waals surface area contributed by atoms with Crippen LogP contribution in [-0.4, -0.2) is 32.2 Å². The number of benzene rings is 2. The maximum Gasteiger partial charge on any atom is 0.282 e. The highest BCUT2D eigenvalue weighted by Gasteiger charge is 2.19. The molecule has 0 aliphatic heterocycles. The molecule has 2 aromatic carbocycles. The Hall–Kier alpha value is -3.20. The van der Waals surface area contributed by atoms with Gasteiger partial charge in [0, 0.05) is 10.0 Å². The Kier molecular flexibility index (Phi) is 4.13. The van der Waals surface area contributed by atoms with Crippen molar-refractivity contribution in [2.24, 2.45) is 0 Å². The van der Waals surface area contributed by atoms with E-state index in [1.165, 1.54) is 4.68 Å². The maximum absolute atomic E-state index is 6.17. The number of nitrogens with two attached hydrogens (primary N) is 1. The molecule has 0 bridgehead atoms. The highest BCUT2D eigenvalue weighted by Crippen LogP contribution is 2.27. The Morgan fingerprint density at radius 3 is 2.50 bits per heavy atom. The van der Waals surface area contributed by atoms with Crippen LogP contribution in [0.1, 0.15) is 0 Å². The van der Waals surface area contributed by atoms with Crippen LogP contribution in [0.15, 0.2) is 57.5 Å². The number of ether oxygens (including phenoxy) is 1. The molecule has 0 unspecified atom stereocenters. The minimum atomic E-state index is 0.205. The van der Waals surface area contributed by atoms with Crippen molar-refractivity contribution < 1.29 is 9.26 Å². The van der Waals surface area contributed by atoms with Crippen LogP contribution in [0.3, 0.4) is 0 Å². The molecule has 0 aliphatic rings. The molecule has 8 nitrogen and oxygen atoms in total. The van der Waals surface area contributed by atoms with Crippen LogP contribution in [0.25, 0.3) is 28.7 Å². The fraction of sp³-hybridized carbons (Fsp3) is 0.0588. The number of hydrogen-bond donors (Lipinski definition) is 1. The molecule has 0 spiro atoms. The number of nitrogen functional groups attached to an aromatic ring is 1. The SMILES string of the molecule is COc1ccc(-c2noc(-c3nnn(-c4ccc(Br)cc4)c3N)n2)cc1. The summed E-state index contributed by atoms with van der Waals surface area (Å²) in [6.45, 7) is 0. The van der Waals surface area contributed by atoms with Gasteiger partial charge in [0.2, 0.25) is 5.82 Å². The molecule has 2 N–H and O–H groups in total. The third kappa shape index (κ3) is 2.93. The summed E-state index contributed by atoms with van der Waals surface area (Å²) in [7, 11) is 1.61. The molecule has 9 heteroatoms. The molecule has 4 rings (SSSR count). The van der Waals surface area contributed by atoms with Crippen molar-refractivity contribution in [1.29, 1.82) is 0 Å². The van der Waals surface area contributed by atoms with E-state index in [1.54, 1.807) is 7.11 Å². The first kappa shape index (κ1) is 16.3. The first-order valence-corrected chi connectivity index (χ1v) is 8.40. The van der Waals surface area contributed by atoms with Gasteiger partial charge in [-0.1, -0.05) is 26.3 Å². The topological polar surface area (TPSA) is 105 Å². The van der Waals surface area contributed by atoms with Crippen LogP contribution < -0.4 is 10.5 Å². The second-order valence-electron chi connectivity index (χ2n) is 5.36. The van der Waals surface area contributed by atoms with Crippen molar-refractivity contribution in [3.63, 3.8) is 0 Å². The number of hydrogen-bond acceptors (Lipinski definition) is 7. The molecule has 2 heterocycles. The van der Waals surface area contributed by atoms with E-state index in [-0.39, 0.29) is 5.89 Å². The van der Waals surface area contributed by atoms with Gasteiger partial charge in [-0.15, -0.1) is 5.10 Å². The monoisotopic (exact) mass is 412 g/mol. The van der Waals surface area contributed by atoms with Crippen LogP contribution in [0.5, 0.6) is 5.75 Å². The van der Waals surface area contributed by atoms with Gasteiger partial charge < -0.3 is 15.0 Å². The van der Waals surface area contributed by atoms with Gasteiger partial charge in [-0.05, 0) is 48.5 Å². The third-order valence-corrected chi connectivity index (χ3v) is 4.28. The summed E-state index contributed by atoms with van der Waals surface area (Å²) in [6.07, 6.45) is 0. The Morgan fingerprint density at radius 2 is 1.81 bits per heavy atom. The number of halogens is 1. The zero-order valence-corrected chi connectivity index (χ0v) is 15.2. The highest BCUT2D eigenvalue weighted by atomic mass is 79.9. The van der Waals surface area contributed by atoms with Gasteiger partial charge in [0.15, 0.2) is 11.5 Å². The second-order valence-corrected chi connectivity index (χ2v) is 6.28. The van der Waals surface area contributed by atoms with Crippen LogP contribution >= 0.6 is 15.9 Å². The van der Waals surface area contributed by atoms with E-state index in [9.17, 15) is 0 Å². The summed E-state index contributed by atoms with van der Waals surface area (Å²) in [4.78, 5) is 4.37. The summed E-state index contributed by atoms with van der Waals surface area (Å²) in [5.41, 5.74) is 8.08. The summed E-state index contributed by atoms with van der Waals surface area (Å²) < 4.78 is 12.9. The average Bonchev–Trinajstić information content (AvgIpc) is 3.29. The van der Waals surface area contributed by atoms with E-state index in [4.69, 9.17) is 15.0 Å². The molecule has 26 heavy (non-hydrogen) atoms. The molecule has 4 aromatic rings. The molecular weight excluding hydrogens is 400 g/mol. The van der Waals surface area contributed by atoms with Crippen molar-refractivity contribution in [2.75, 3.05) is 12.8 Å². The maximum atomic E-state index is 6.17. The van der Waals surface area contributed by atoms with Gasteiger partial charge in [-0.25, -0.2) is 0 Å². The fourth-order valence-corrected chi connectivity index (χ4v) is 2.66. The Balaban J connectivity index is 1.66. The Labute approximate surface area is 156 Å². The fourth-order valence-electron chi connectivity index (χ4n) is 2.39. The Bertz CT molecular complexity index is 1040. The van der Waals surface area contributed by atoms with Gasteiger partial charge in [-0.2, -0.15) is 9.67 Å². The highest BCUT2D eigenvalue weighted by molar-refractivity contribution is 9.10. The number of rotatable bonds is 4. The van der Waals surface area contributed by atoms with Gasteiger partial charge in [0.1, 0.15) is 5.75 Å². The second kappa shape index (κ2) is 6.60. The zero-order valence-electron chi connectivity index (χ0n) is 13.6. The molecule has 0 amide bonds. The van der Waals surface area contributed by atoms with Crippen LogP contribution in [0.2, 0.25) is 0 Å². The lowest BCUT2D eigenvalue weighted by Gasteiger charge is -2.02. The summed E-state index contributed by atoms with van der Waals surface area (Å²) in [5.74, 6) is 1.70. The van der Waals surface area contributed by atoms with E-state index < -0.39 is 0 Å². The van der Waals surface area contributed by atoms with Crippen molar-refractivity contribution in [3.8, 4) is 34.4 Å². The van der Waals surface area contributed by atoms with Crippen molar-refractivity contribution >= 4 is 21.7 Å². The zero-order chi connectivity index (χ0) is 18.1. The first-order valence-electron chi connectivity index (χ1n) is 7.61. The predicted molar refractivity (Wildman–Crippen MR) is 98.8 cm³/mol. The lowest BCUT2D eigenvalue weighted by atomic mass is 10.2. The van der Waals surface area contributed by atoms with Crippen molar-refractivity contribution in [3.05, 3.63) is 53.0 Å². The molecule has 130 valence electrons. The number of aromatic nitrogens is 5. The molecular formula is C17H13BrN6O2. The predicted octanol–water partition coefficient (Wildman–Crippen LogP) is 3.34. The van der Waals surface area contributed by atoms with E-state index in [0.29, 0.717) is 17.3 Å². The average molecular weight is 413 g/mol. The van der Waals surface area contributed by atoms with Gasteiger partial charge >= 0.3 is 0 Å². The molecule has 0 fully saturated rings. The molecule has 0 radical (unpaired) electrons. The standard InChI is InChI=1S/C17H13BrN6O2/c1-25-13-8-2-10(3-9-13)16-20-17(26-22-16)14-15(19)24(23-21-14)12-6-4-11(18)5-7-12/h2-9H,19H2,1H3. The van der Waals surface area contributed by atoms with Gasteiger partial charge in [0.05, 0.1) is 12.8 Å². The van der Waals surface area contributed by atoms with Gasteiger partial charge in [0.25, 0.3) is 5.89 Å². The van der Waals surface area contributed by atoms with Crippen molar-refractivity contribution in [2.45, 2.75) is 0 Å². The molecule has 0 atom stereocenters. The summed E-state index contributed by atoms with van der Waals surface area (Å²) in [5, 5.41) is 12.1. The van der Waals surface area contributed by atoms with E-state index in [1.807, 2.05) is 48.5 Å². The minimum absolute atomic E-state index is 0.205. The first-order chi connectivity index (χ1) is 12.7. The number of nitrogens with zero attached hydrogens (tertiary/aromatic N) is 5. The minimum Gasteiger partial charge on any atom is -0.497 e. The normalized spacial score (nSPS) is 10.8. The molecule has 0 saturated carbocycles. The largest absolute Gasteiger partial charge is 0.497 e. The smallest absolute Gasteiger partial charge is 0.282 e. The lowest BCUT2D eigenvalue weighted by molar-refractivity contribution is 0.414. The molecule has 0 aliphatic carbocycles. The van der Waals surface area contributed by atoms with Gasteiger partial charge in [-0.3, -0.25) is 0 Å². The summed E-state index contributed by atoms with van der Waals surface area (Å²) >= 11 is 3.39. The van der Waals surface area contributed by atoms with Crippen LogP contribution in [0.4, 0.5) is 5.82 Å². The summed E-state index contributed by atoms with van der Waals surface area (Å²) in [6, 6.07) is 14.9. The molecule has 2 aromatic heterocycles. The quantitative estimate of drug-likeness (QED) is 0.547. The third-order valence-electron chi connectivity index (χ3n) is 3.75. The van der Waals surface area contributed by atoms with E-state index >= 15 is 0 Å².